The molecule has 0 radical (unpaired) electrons. The van der Waals surface area contributed by atoms with E-state index in [0.29, 0.717) is 11.5 Å². The molecule has 1 aromatic rings. The zero-order valence-electron chi connectivity index (χ0n) is 19.3. The van der Waals surface area contributed by atoms with E-state index in [1.54, 1.807) is 12.1 Å². The van der Waals surface area contributed by atoms with Crippen LogP contribution in [-0.2, 0) is 4.43 Å². The topological polar surface area (TPSA) is 82.7 Å². The van der Waals surface area contributed by atoms with Gasteiger partial charge in [0, 0.05) is 38.0 Å². The Labute approximate surface area is 182 Å². The number of amides is 3. The molecule has 1 saturated heterocycles. The van der Waals surface area contributed by atoms with Crippen molar-refractivity contribution in [1.82, 2.24) is 16.2 Å². The molecule has 2 rings (SSSR count). The van der Waals surface area contributed by atoms with Crippen molar-refractivity contribution in [1.29, 1.82) is 0 Å². The van der Waals surface area contributed by atoms with Gasteiger partial charge in [-0.25, -0.2) is 10.2 Å². The lowest BCUT2D eigenvalue weighted by molar-refractivity contribution is 0.0936. The number of nitrogens with zero attached hydrogens (tertiary/aromatic N) is 1. The third-order valence-corrected chi connectivity index (χ3v) is 11.0. The molecule has 0 aromatic heterocycles. The summed E-state index contributed by atoms with van der Waals surface area (Å²) in [5.74, 6) is 0.373. The fraction of sp³-hybridized carbons (Fsp3) is 0.636. The second kappa shape index (κ2) is 10.3. The van der Waals surface area contributed by atoms with E-state index >= 15 is 0 Å². The molecular formula is C22H38N4O3Si. The van der Waals surface area contributed by atoms with E-state index in [4.69, 9.17) is 4.43 Å². The number of urea groups is 1. The summed E-state index contributed by atoms with van der Waals surface area (Å²) >= 11 is 0. The maximum Gasteiger partial charge on any atom is 0.333 e. The monoisotopic (exact) mass is 434 g/mol. The van der Waals surface area contributed by atoms with Crippen LogP contribution in [0, 0.1) is 5.92 Å². The highest BCUT2D eigenvalue weighted by Crippen LogP contribution is 2.37. The molecule has 0 aliphatic carbocycles. The third kappa shape index (κ3) is 6.73. The van der Waals surface area contributed by atoms with E-state index in [0.717, 1.165) is 31.8 Å². The Kier molecular flexibility index (Phi) is 8.31. The summed E-state index contributed by atoms with van der Waals surface area (Å²) in [6.45, 7) is 14.4. The number of anilines is 1. The molecule has 0 saturated carbocycles. The van der Waals surface area contributed by atoms with E-state index in [2.05, 4.69) is 54.9 Å². The zero-order valence-corrected chi connectivity index (χ0v) is 20.3. The van der Waals surface area contributed by atoms with Crippen LogP contribution in [0.15, 0.2) is 24.3 Å². The summed E-state index contributed by atoms with van der Waals surface area (Å²) in [6.07, 6.45) is 3.47. The number of hydrogen-bond acceptors (Lipinski definition) is 4. The van der Waals surface area contributed by atoms with Crippen molar-refractivity contribution in [3.05, 3.63) is 29.8 Å². The first-order chi connectivity index (χ1) is 14.0. The number of hydrogen-bond donors (Lipinski definition) is 3. The first-order valence-electron chi connectivity index (χ1n) is 10.8. The molecule has 3 amide bonds. The van der Waals surface area contributed by atoms with Crippen molar-refractivity contribution in [2.45, 2.75) is 58.2 Å². The number of hydrazine groups is 1. The van der Waals surface area contributed by atoms with Crippen molar-refractivity contribution in [2.75, 3.05) is 31.6 Å². The summed E-state index contributed by atoms with van der Waals surface area (Å²) in [7, 11) is -0.168. The van der Waals surface area contributed by atoms with Gasteiger partial charge in [-0.3, -0.25) is 10.2 Å². The van der Waals surface area contributed by atoms with Gasteiger partial charge in [-0.1, -0.05) is 20.8 Å². The second-order valence-electron chi connectivity index (χ2n) is 9.53. The first-order valence-corrected chi connectivity index (χ1v) is 13.7. The number of nitrogens with one attached hydrogen (secondary N) is 3. The van der Waals surface area contributed by atoms with Gasteiger partial charge in [0.25, 0.3) is 5.91 Å². The highest BCUT2D eigenvalue weighted by atomic mass is 28.4. The minimum absolute atomic E-state index is 0.262. The van der Waals surface area contributed by atoms with Crippen LogP contribution in [0.3, 0.4) is 0 Å². The Bertz CT molecular complexity index is 708. The normalized spacial score (nSPS) is 15.6. The van der Waals surface area contributed by atoms with Crippen LogP contribution >= 0.6 is 0 Å². The number of rotatable bonds is 6. The summed E-state index contributed by atoms with van der Waals surface area (Å²) in [4.78, 5) is 25.6. The van der Waals surface area contributed by atoms with E-state index < -0.39 is 14.3 Å². The molecule has 7 nitrogen and oxygen atoms in total. The van der Waals surface area contributed by atoms with Crippen molar-refractivity contribution >= 4 is 25.9 Å². The Morgan fingerprint density at radius 2 is 1.70 bits per heavy atom. The maximum atomic E-state index is 12.1. The highest BCUT2D eigenvalue weighted by molar-refractivity contribution is 6.74. The van der Waals surface area contributed by atoms with Gasteiger partial charge in [-0.15, -0.1) is 0 Å². The van der Waals surface area contributed by atoms with E-state index in [1.807, 2.05) is 12.1 Å². The molecule has 0 bridgehead atoms. The van der Waals surface area contributed by atoms with E-state index in [9.17, 15) is 9.59 Å². The van der Waals surface area contributed by atoms with Gasteiger partial charge in [0.05, 0.1) is 0 Å². The smallest absolute Gasteiger partial charge is 0.333 e. The number of piperidine rings is 1. The average molecular weight is 435 g/mol. The van der Waals surface area contributed by atoms with Crippen molar-refractivity contribution in [3.8, 4) is 0 Å². The van der Waals surface area contributed by atoms with Gasteiger partial charge in [0.2, 0.25) is 0 Å². The summed E-state index contributed by atoms with van der Waals surface area (Å²) < 4.78 is 6.34. The van der Waals surface area contributed by atoms with Gasteiger partial charge >= 0.3 is 6.03 Å². The Balaban J connectivity index is 1.77. The Morgan fingerprint density at radius 1 is 1.10 bits per heavy atom. The highest BCUT2D eigenvalue weighted by Gasteiger charge is 2.37. The molecule has 30 heavy (non-hydrogen) atoms. The molecule has 168 valence electrons. The minimum atomic E-state index is -1.65. The van der Waals surface area contributed by atoms with E-state index in [-0.39, 0.29) is 10.9 Å². The third-order valence-electron chi connectivity index (χ3n) is 6.42. The predicted octanol–water partition coefficient (Wildman–Crippen LogP) is 3.89. The zero-order chi connectivity index (χ0) is 22.4. The minimum Gasteiger partial charge on any atom is -0.417 e. The predicted molar refractivity (Wildman–Crippen MR) is 124 cm³/mol. The second-order valence-corrected chi connectivity index (χ2v) is 14.3. The average Bonchev–Trinajstić information content (AvgIpc) is 2.71. The van der Waals surface area contributed by atoms with Crippen LogP contribution in [0.2, 0.25) is 18.1 Å². The SMILES string of the molecule is CNC(=O)NNC(=O)c1ccc(N2CCC(CCO[Si](C)(C)C(C)(C)C)CC2)cc1. The van der Waals surface area contributed by atoms with Crippen LogP contribution in [0.4, 0.5) is 10.5 Å². The van der Waals surface area contributed by atoms with Crippen molar-refractivity contribution < 1.29 is 14.0 Å². The Morgan fingerprint density at radius 3 is 2.23 bits per heavy atom. The quantitative estimate of drug-likeness (QED) is 0.469. The fourth-order valence-electron chi connectivity index (χ4n) is 3.25. The maximum absolute atomic E-state index is 12.1. The number of carbonyl (C=O) groups excluding carboxylic acids is 2. The van der Waals surface area contributed by atoms with Crippen molar-refractivity contribution in [2.24, 2.45) is 5.92 Å². The molecule has 1 heterocycles. The molecule has 8 heteroatoms. The van der Waals surface area contributed by atoms with Crippen LogP contribution in [0.5, 0.6) is 0 Å². The van der Waals surface area contributed by atoms with Crippen LogP contribution < -0.4 is 21.1 Å². The molecule has 1 fully saturated rings. The molecule has 0 spiro atoms. The molecule has 1 aromatic carbocycles. The Hall–Kier alpha value is -2.06. The summed E-state index contributed by atoms with van der Waals surface area (Å²) in [5, 5.41) is 2.64. The summed E-state index contributed by atoms with van der Waals surface area (Å²) in [5.41, 5.74) is 6.28. The van der Waals surface area contributed by atoms with Gasteiger partial charge in [0.15, 0.2) is 8.32 Å². The van der Waals surface area contributed by atoms with E-state index in [1.165, 1.54) is 19.9 Å². The van der Waals surface area contributed by atoms with Crippen LogP contribution in [0.1, 0.15) is 50.4 Å². The fourth-order valence-corrected chi connectivity index (χ4v) is 4.31. The molecule has 0 atom stereocenters. The lowest BCUT2D eigenvalue weighted by Crippen LogP contribution is -2.45. The largest absolute Gasteiger partial charge is 0.417 e. The lowest BCUT2D eigenvalue weighted by atomic mass is 9.93. The standard InChI is InChI=1S/C22H38N4O3Si/c1-22(2,3)30(5,6)29-16-13-17-11-14-26(15-12-17)19-9-7-18(8-10-19)20(27)24-25-21(28)23-4/h7-10,17H,11-16H2,1-6H3,(H,24,27)(H2,23,25,28). The first kappa shape index (κ1) is 24.2. The van der Waals surface area contributed by atoms with Gasteiger partial charge in [0.1, 0.15) is 0 Å². The molecule has 3 N–H and O–H groups in total. The number of benzene rings is 1. The number of carbonyl (C=O) groups is 2. The van der Waals surface area contributed by atoms with Gasteiger partial charge < -0.3 is 14.6 Å². The molecule has 1 aliphatic heterocycles. The molecule has 0 unspecified atom stereocenters. The van der Waals surface area contributed by atoms with Gasteiger partial charge in [-0.2, -0.15) is 0 Å². The lowest BCUT2D eigenvalue weighted by Gasteiger charge is -2.37. The van der Waals surface area contributed by atoms with Crippen LogP contribution in [-0.4, -0.2) is 47.0 Å². The molecule has 1 aliphatic rings. The van der Waals surface area contributed by atoms with Crippen molar-refractivity contribution in [3.63, 3.8) is 0 Å². The molecular weight excluding hydrogens is 396 g/mol. The van der Waals surface area contributed by atoms with Crippen LogP contribution in [0.25, 0.3) is 0 Å². The van der Waals surface area contributed by atoms with Gasteiger partial charge in [-0.05, 0) is 67.6 Å². The summed E-state index contributed by atoms with van der Waals surface area (Å²) in [6, 6.07) is 7.05.